The lowest BCUT2D eigenvalue weighted by Gasteiger charge is -2.23. The van der Waals surface area contributed by atoms with E-state index in [-0.39, 0.29) is 6.61 Å². The van der Waals surface area contributed by atoms with Crippen LogP contribution in [0.15, 0.2) is 18.5 Å². The number of aliphatic hydroxyl groups is 1. The van der Waals surface area contributed by atoms with Gasteiger partial charge in [-0.3, -0.25) is 4.98 Å². The van der Waals surface area contributed by atoms with Crippen LogP contribution in [0.3, 0.4) is 0 Å². The third-order valence-corrected chi connectivity index (χ3v) is 3.08. The highest BCUT2D eigenvalue weighted by molar-refractivity contribution is 5.52. The minimum atomic E-state index is 0.0920. The Morgan fingerprint density at radius 2 is 2.33 bits per heavy atom. The van der Waals surface area contributed by atoms with Crippen LogP contribution in [0.25, 0.3) is 0 Å². The fourth-order valence-corrected chi connectivity index (χ4v) is 2.15. The number of aromatic nitrogens is 1. The lowest BCUT2D eigenvalue weighted by atomic mass is 9.93. The predicted octanol–water partition coefficient (Wildman–Crippen LogP) is 1.81. The maximum Gasteiger partial charge on any atom is 0.0703 e. The highest BCUT2D eigenvalue weighted by Gasteiger charge is 2.30. The summed E-state index contributed by atoms with van der Waals surface area (Å²) in [5, 5.41) is 9.25. The highest BCUT2D eigenvalue weighted by atomic mass is 16.3. The maximum absolute atomic E-state index is 9.25. The molecule has 1 aromatic rings. The molecule has 0 bridgehead atoms. The lowest BCUT2D eigenvalue weighted by Crippen LogP contribution is -2.23. The molecule has 0 spiro atoms. The molecule has 15 heavy (non-hydrogen) atoms. The molecular formula is C12H18N2O. The minimum Gasteiger partial charge on any atom is -0.392 e. The summed E-state index contributed by atoms with van der Waals surface area (Å²) in [7, 11) is 0. The van der Waals surface area contributed by atoms with Gasteiger partial charge in [-0.05, 0) is 17.9 Å². The van der Waals surface area contributed by atoms with Crippen molar-refractivity contribution in [3.05, 3.63) is 24.0 Å². The number of pyridine rings is 1. The topological polar surface area (TPSA) is 36.4 Å². The van der Waals surface area contributed by atoms with Gasteiger partial charge in [-0.25, -0.2) is 0 Å². The first-order valence-electron chi connectivity index (χ1n) is 5.41. The monoisotopic (exact) mass is 206 g/mol. The smallest absolute Gasteiger partial charge is 0.0703 e. The Hall–Kier alpha value is -1.09. The van der Waals surface area contributed by atoms with Gasteiger partial charge in [0.25, 0.3) is 0 Å². The standard InChI is InChI=1S/C12H18N2O/c1-12(2)4-6-14(9-12)11-7-13-5-3-10(11)8-15/h3,5,7,15H,4,6,8-9H2,1-2H3. The molecule has 82 valence electrons. The van der Waals surface area contributed by atoms with E-state index in [9.17, 15) is 5.11 Å². The van der Waals surface area contributed by atoms with Gasteiger partial charge in [0.1, 0.15) is 0 Å². The van der Waals surface area contributed by atoms with Crippen molar-refractivity contribution in [3.8, 4) is 0 Å². The first kappa shape index (κ1) is 10.4. The van der Waals surface area contributed by atoms with Crippen molar-refractivity contribution in [1.29, 1.82) is 0 Å². The van der Waals surface area contributed by atoms with Gasteiger partial charge in [-0.15, -0.1) is 0 Å². The van der Waals surface area contributed by atoms with E-state index in [2.05, 4.69) is 23.7 Å². The van der Waals surface area contributed by atoms with Crippen LogP contribution in [0.1, 0.15) is 25.8 Å². The van der Waals surface area contributed by atoms with Gasteiger partial charge in [0.2, 0.25) is 0 Å². The first-order valence-corrected chi connectivity index (χ1v) is 5.41. The highest BCUT2D eigenvalue weighted by Crippen LogP contribution is 2.33. The van der Waals surface area contributed by atoms with Crippen LogP contribution in [0.5, 0.6) is 0 Å². The number of hydrogen-bond donors (Lipinski definition) is 1. The Labute approximate surface area is 90.8 Å². The van der Waals surface area contributed by atoms with Crippen LogP contribution in [0.2, 0.25) is 0 Å². The summed E-state index contributed by atoms with van der Waals surface area (Å²) in [6, 6.07) is 1.89. The molecule has 0 aliphatic carbocycles. The minimum absolute atomic E-state index is 0.0920. The van der Waals surface area contributed by atoms with Crippen molar-refractivity contribution in [2.45, 2.75) is 26.9 Å². The molecule has 0 saturated carbocycles. The second-order valence-corrected chi connectivity index (χ2v) is 5.00. The zero-order valence-corrected chi connectivity index (χ0v) is 9.40. The predicted molar refractivity (Wildman–Crippen MR) is 60.8 cm³/mol. The molecule has 0 atom stereocenters. The molecule has 2 heterocycles. The van der Waals surface area contributed by atoms with Crippen molar-refractivity contribution in [2.75, 3.05) is 18.0 Å². The average molecular weight is 206 g/mol. The molecule has 1 aliphatic heterocycles. The molecule has 1 fully saturated rings. The molecule has 1 aromatic heterocycles. The summed E-state index contributed by atoms with van der Waals surface area (Å²) in [6.07, 6.45) is 4.79. The number of nitrogens with zero attached hydrogens (tertiary/aromatic N) is 2. The second kappa shape index (κ2) is 3.81. The summed E-state index contributed by atoms with van der Waals surface area (Å²) in [6.45, 7) is 6.76. The van der Waals surface area contributed by atoms with Crippen molar-refractivity contribution in [1.82, 2.24) is 4.98 Å². The number of aliphatic hydroxyl groups excluding tert-OH is 1. The third kappa shape index (κ3) is 2.12. The fourth-order valence-electron chi connectivity index (χ4n) is 2.15. The van der Waals surface area contributed by atoms with E-state index in [1.54, 1.807) is 6.20 Å². The van der Waals surface area contributed by atoms with Gasteiger partial charge < -0.3 is 10.0 Å². The molecule has 3 heteroatoms. The first-order chi connectivity index (χ1) is 7.12. The van der Waals surface area contributed by atoms with E-state index in [1.165, 1.54) is 6.42 Å². The van der Waals surface area contributed by atoms with Crippen molar-refractivity contribution >= 4 is 5.69 Å². The molecule has 1 N–H and O–H groups in total. The molecule has 0 amide bonds. The van der Waals surface area contributed by atoms with Gasteiger partial charge in [0.05, 0.1) is 18.5 Å². The number of rotatable bonds is 2. The Morgan fingerprint density at radius 1 is 1.53 bits per heavy atom. The summed E-state index contributed by atoms with van der Waals surface area (Å²) >= 11 is 0. The van der Waals surface area contributed by atoms with E-state index in [0.717, 1.165) is 24.3 Å². The van der Waals surface area contributed by atoms with Crippen LogP contribution < -0.4 is 4.90 Å². The van der Waals surface area contributed by atoms with Gasteiger partial charge in [-0.1, -0.05) is 13.8 Å². The maximum atomic E-state index is 9.25. The normalized spacial score (nSPS) is 19.5. The molecule has 3 nitrogen and oxygen atoms in total. The summed E-state index contributed by atoms with van der Waals surface area (Å²) in [5.41, 5.74) is 2.44. The van der Waals surface area contributed by atoms with Gasteiger partial charge in [0.15, 0.2) is 0 Å². The quantitative estimate of drug-likeness (QED) is 0.801. The molecule has 0 unspecified atom stereocenters. The van der Waals surface area contributed by atoms with E-state index in [0.29, 0.717) is 5.41 Å². The average Bonchev–Trinajstić information content (AvgIpc) is 2.59. The SMILES string of the molecule is CC1(C)CCN(c2cnccc2CO)C1. The van der Waals surface area contributed by atoms with E-state index >= 15 is 0 Å². The molecule has 1 aliphatic rings. The Kier molecular flexibility index (Phi) is 2.65. The third-order valence-electron chi connectivity index (χ3n) is 3.08. The molecule has 2 rings (SSSR count). The van der Waals surface area contributed by atoms with Crippen LogP contribution in [0.4, 0.5) is 5.69 Å². The van der Waals surface area contributed by atoms with Crippen LogP contribution in [-0.4, -0.2) is 23.2 Å². The number of anilines is 1. The second-order valence-electron chi connectivity index (χ2n) is 5.00. The van der Waals surface area contributed by atoms with E-state index in [4.69, 9.17) is 0 Å². The fraction of sp³-hybridized carbons (Fsp3) is 0.583. The Bertz CT molecular complexity index is 349. The zero-order valence-electron chi connectivity index (χ0n) is 9.40. The Morgan fingerprint density at radius 3 is 2.93 bits per heavy atom. The lowest BCUT2D eigenvalue weighted by molar-refractivity contribution is 0.282. The van der Waals surface area contributed by atoms with Gasteiger partial charge >= 0.3 is 0 Å². The van der Waals surface area contributed by atoms with Gasteiger partial charge in [-0.2, -0.15) is 0 Å². The van der Waals surface area contributed by atoms with Crippen molar-refractivity contribution in [3.63, 3.8) is 0 Å². The molecular weight excluding hydrogens is 188 g/mol. The van der Waals surface area contributed by atoms with Crippen LogP contribution in [-0.2, 0) is 6.61 Å². The van der Waals surface area contributed by atoms with E-state index < -0.39 is 0 Å². The summed E-state index contributed by atoms with van der Waals surface area (Å²) in [4.78, 5) is 6.45. The number of hydrogen-bond acceptors (Lipinski definition) is 3. The van der Waals surface area contributed by atoms with Crippen molar-refractivity contribution < 1.29 is 5.11 Å². The molecule has 1 saturated heterocycles. The van der Waals surface area contributed by atoms with Gasteiger partial charge in [0, 0.05) is 24.8 Å². The zero-order chi connectivity index (χ0) is 10.9. The summed E-state index contributed by atoms with van der Waals surface area (Å²) in [5.74, 6) is 0. The molecule has 0 aromatic carbocycles. The van der Waals surface area contributed by atoms with Crippen LogP contribution >= 0.6 is 0 Å². The Balaban J connectivity index is 2.23. The van der Waals surface area contributed by atoms with Crippen LogP contribution in [0, 0.1) is 5.41 Å². The largest absolute Gasteiger partial charge is 0.392 e. The van der Waals surface area contributed by atoms with Crippen molar-refractivity contribution in [2.24, 2.45) is 5.41 Å². The van der Waals surface area contributed by atoms with E-state index in [1.807, 2.05) is 12.3 Å². The summed E-state index contributed by atoms with van der Waals surface area (Å²) < 4.78 is 0. The molecule has 0 radical (unpaired) electrons.